The van der Waals surface area contributed by atoms with Crippen molar-refractivity contribution in [2.24, 2.45) is 0 Å². The van der Waals surface area contributed by atoms with Gasteiger partial charge in [0.05, 0.1) is 16.1 Å². The number of nitrogens with zero attached hydrogens (tertiary/aromatic N) is 1. The number of carboxylic acids is 1. The van der Waals surface area contributed by atoms with Crippen LogP contribution in [0.4, 0.5) is 5.69 Å². The molecule has 4 rings (SSSR count). The van der Waals surface area contributed by atoms with Crippen LogP contribution in [0.15, 0.2) is 71.6 Å². The lowest BCUT2D eigenvalue weighted by molar-refractivity contribution is 0.0650. The summed E-state index contributed by atoms with van der Waals surface area (Å²) in [4.78, 5) is 25.6. The van der Waals surface area contributed by atoms with Crippen molar-refractivity contribution >= 4 is 39.2 Å². The third-order valence-corrected chi connectivity index (χ3v) is 6.74. The summed E-state index contributed by atoms with van der Waals surface area (Å²) in [7, 11) is -4.23. The molecule has 3 aromatic rings. The fourth-order valence-corrected chi connectivity index (χ4v) is 4.81. The van der Waals surface area contributed by atoms with Crippen LogP contribution in [0.3, 0.4) is 0 Å². The monoisotopic (exact) mass is 470 g/mol. The van der Waals surface area contributed by atoms with Gasteiger partial charge in [0.25, 0.3) is 15.9 Å². The number of anilines is 1. The average Bonchev–Trinajstić information content (AvgIpc) is 2.72. The van der Waals surface area contributed by atoms with E-state index in [1.807, 2.05) is 30.3 Å². The predicted molar refractivity (Wildman–Crippen MR) is 122 cm³/mol. The van der Waals surface area contributed by atoms with Crippen LogP contribution in [-0.4, -0.2) is 43.4 Å². The lowest BCUT2D eigenvalue weighted by atomic mass is 10.0. The van der Waals surface area contributed by atoms with Gasteiger partial charge in [0.2, 0.25) is 0 Å². The number of benzene rings is 3. The molecule has 0 bridgehead atoms. The first kappa shape index (κ1) is 21.9. The molecule has 1 aliphatic rings. The van der Waals surface area contributed by atoms with Gasteiger partial charge in [-0.1, -0.05) is 48.0 Å². The summed E-state index contributed by atoms with van der Waals surface area (Å²) >= 11 is 6.10. The maximum Gasteiger partial charge on any atom is 0.337 e. The molecule has 164 valence electrons. The zero-order valence-corrected chi connectivity index (χ0v) is 18.4. The summed E-state index contributed by atoms with van der Waals surface area (Å²) in [6.45, 7) is 1.22. The van der Waals surface area contributed by atoms with Gasteiger partial charge >= 0.3 is 5.97 Å². The van der Waals surface area contributed by atoms with E-state index in [0.717, 1.165) is 12.0 Å². The number of sulfonamides is 1. The summed E-state index contributed by atoms with van der Waals surface area (Å²) in [5.74, 6) is -1.57. The van der Waals surface area contributed by atoms with Gasteiger partial charge in [0.1, 0.15) is 0 Å². The molecule has 0 atom stereocenters. The van der Waals surface area contributed by atoms with Crippen molar-refractivity contribution in [1.82, 2.24) is 4.90 Å². The van der Waals surface area contributed by atoms with E-state index in [2.05, 4.69) is 4.72 Å². The lowest BCUT2D eigenvalue weighted by Crippen LogP contribution is -2.42. The SMILES string of the molecule is O=C(O)c1ccc(-c2ccccc2)cc1NS(=O)(=O)c1cc(Cl)cc(C(=O)N2CCC2)c1. The Hall–Kier alpha value is -3.36. The molecule has 32 heavy (non-hydrogen) atoms. The maximum atomic E-state index is 13.1. The van der Waals surface area contributed by atoms with Crippen molar-refractivity contribution in [3.63, 3.8) is 0 Å². The summed E-state index contributed by atoms with van der Waals surface area (Å²) in [5, 5.41) is 9.64. The molecule has 1 aliphatic heterocycles. The van der Waals surface area contributed by atoms with Gasteiger partial charge in [-0.05, 0) is 47.9 Å². The Morgan fingerprint density at radius 1 is 0.938 bits per heavy atom. The highest BCUT2D eigenvalue weighted by atomic mass is 35.5. The van der Waals surface area contributed by atoms with Crippen LogP contribution in [-0.2, 0) is 10.0 Å². The standard InChI is InChI=1S/C23H19ClN2O5S/c24-18-11-17(22(27)26-9-4-10-26)12-19(14-18)32(30,31)25-21-13-16(7-8-20(21)23(28)29)15-5-2-1-3-6-15/h1-3,5-8,11-14,25H,4,9-10H2,(H,28,29). The number of carbonyl (C=O) groups is 2. The number of hydrogen-bond acceptors (Lipinski definition) is 4. The largest absolute Gasteiger partial charge is 0.478 e. The molecule has 3 aromatic carbocycles. The summed E-state index contributed by atoms with van der Waals surface area (Å²) < 4.78 is 28.6. The van der Waals surface area contributed by atoms with Crippen molar-refractivity contribution in [2.75, 3.05) is 17.8 Å². The minimum atomic E-state index is -4.23. The molecule has 1 heterocycles. The van der Waals surface area contributed by atoms with E-state index in [1.54, 1.807) is 11.0 Å². The first-order chi connectivity index (χ1) is 15.2. The van der Waals surface area contributed by atoms with Crippen LogP contribution in [0.5, 0.6) is 0 Å². The molecule has 0 unspecified atom stereocenters. The second kappa shape index (κ2) is 8.64. The van der Waals surface area contributed by atoms with Crippen LogP contribution >= 0.6 is 11.6 Å². The molecule has 1 saturated heterocycles. The number of carbonyl (C=O) groups excluding carboxylic acids is 1. The molecule has 9 heteroatoms. The topological polar surface area (TPSA) is 104 Å². The van der Waals surface area contributed by atoms with Gasteiger partial charge in [0, 0.05) is 23.7 Å². The molecule has 0 radical (unpaired) electrons. The molecule has 0 spiro atoms. The number of nitrogens with one attached hydrogen (secondary N) is 1. The van der Waals surface area contributed by atoms with Crippen LogP contribution in [0.1, 0.15) is 27.1 Å². The fraction of sp³-hybridized carbons (Fsp3) is 0.130. The Labute approximate surface area is 190 Å². The minimum Gasteiger partial charge on any atom is -0.478 e. The number of aromatic carboxylic acids is 1. The van der Waals surface area contributed by atoms with Crippen LogP contribution < -0.4 is 4.72 Å². The number of likely N-dealkylation sites (tertiary alicyclic amines) is 1. The molecule has 7 nitrogen and oxygen atoms in total. The third-order valence-electron chi connectivity index (χ3n) is 5.17. The van der Waals surface area contributed by atoms with E-state index in [4.69, 9.17) is 11.6 Å². The zero-order valence-electron chi connectivity index (χ0n) is 16.8. The maximum absolute atomic E-state index is 13.1. The molecule has 2 N–H and O–H groups in total. The number of rotatable bonds is 6. The van der Waals surface area contributed by atoms with Crippen molar-refractivity contribution < 1.29 is 23.1 Å². The molecule has 0 saturated carbocycles. The first-order valence-electron chi connectivity index (χ1n) is 9.80. The molecule has 1 fully saturated rings. The van der Waals surface area contributed by atoms with Crippen molar-refractivity contribution in [2.45, 2.75) is 11.3 Å². The van der Waals surface area contributed by atoms with Gasteiger partial charge in [0.15, 0.2) is 0 Å². The van der Waals surface area contributed by atoms with Gasteiger partial charge < -0.3 is 10.0 Å². The second-order valence-corrected chi connectivity index (χ2v) is 9.48. The van der Waals surface area contributed by atoms with Gasteiger partial charge in [-0.15, -0.1) is 0 Å². The highest BCUT2D eigenvalue weighted by molar-refractivity contribution is 7.92. The molecule has 0 aromatic heterocycles. The summed E-state index contributed by atoms with van der Waals surface area (Å²) in [6, 6.07) is 17.5. The molecular formula is C23H19ClN2O5S. The van der Waals surface area contributed by atoms with Crippen molar-refractivity contribution in [3.05, 3.63) is 82.9 Å². The number of hydrogen-bond donors (Lipinski definition) is 2. The Kier molecular flexibility index (Phi) is 5.90. The fourth-order valence-electron chi connectivity index (χ4n) is 3.37. The van der Waals surface area contributed by atoms with Gasteiger partial charge in [-0.2, -0.15) is 0 Å². The number of carboxylic acid groups (broad SMARTS) is 1. The highest BCUT2D eigenvalue weighted by Crippen LogP contribution is 2.29. The number of halogens is 1. The Balaban J connectivity index is 1.72. The van der Waals surface area contributed by atoms with Crippen molar-refractivity contribution in [3.8, 4) is 11.1 Å². The van der Waals surface area contributed by atoms with E-state index in [-0.39, 0.29) is 32.6 Å². The van der Waals surface area contributed by atoms with Crippen molar-refractivity contribution in [1.29, 1.82) is 0 Å². The summed E-state index contributed by atoms with van der Waals surface area (Å²) in [6.07, 6.45) is 0.898. The van der Waals surface area contributed by atoms with E-state index in [0.29, 0.717) is 18.7 Å². The van der Waals surface area contributed by atoms with E-state index in [1.165, 1.54) is 30.3 Å². The van der Waals surface area contributed by atoms with Crippen LogP contribution in [0, 0.1) is 0 Å². The Morgan fingerprint density at radius 3 is 2.28 bits per heavy atom. The summed E-state index contributed by atoms with van der Waals surface area (Å²) in [5.41, 5.74) is 1.32. The lowest BCUT2D eigenvalue weighted by Gasteiger charge is -2.31. The van der Waals surface area contributed by atoms with E-state index < -0.39 is 16.0 Å². The third kappa shape index (κ3) is 4.46. The van der Waals surface area contributed by atoms with E-state index in [9.17, 15) is 23.1 Å². The molecule has 1 amide bonds. The van der Waals surface area contributed by atoms with Gasteiger partial charge in [-0.25, -0.2) is 13.2 Å². The normalized spacial score (nSPS) is 13.3. The minimum absolute atomic E-state index is 0.0885. The van der Waals surface area contributed by atoms with Crippen LogP contribution in [0.2, 0.25) is 5.02 Å². The van der Waals surface area contributed by atoms with Crippen LogP contribution in [0.25, 0.3) is 11.1 Å². The first-order valence-corrected chi connectivity index (χ1v) is 11.7. The quantitative estimate of drug-likeness (QED) is 0.557. The highest BCUT2D eigenvalue weighted by Gasteiger charge is 2.25. The molecular weight excluding hydrogens is 452 g/mol. The average molecular weight is 471 g/mol. The Morgan fingerprint density at radius 2 is 1.66 bits per heavy atom. The second-order valence-electron chi connectivity index (χ2n) is 7.36. The predicted octanol–water partition coefficient (Wildman–Crippen LogP) is 4.35. The molecule has 0 aliphatic carbocycles. The zero-order chi connectivity index (χ0) is 22.9. The Bertz CT molecular complexity index is 1310. The number of amides is 1. The van der Waals surface area contributed by atoms with Gasteiger partial charge in [-0.3, -0.25) is 9.52 Å². The van der Waals surface area contributed by atoms with E-state index >= 15 is 0 Å². The smallest absolute Gasteiger partial charge is 0.337 e.